The zero-order chi connectivity index (χ0) is 11.0. The number of ether oxygens (including phenoxy) is 2. The van der Waals surface area contributed by atoms with Gasteiger partial charge in [-0.1, -0.05) is 0 Å². The average molecular weight is 210 g/mol. The summed E-state index contributed by atoms with van der Waals surface area (Å²) in [5, 5.41) is 0. The molecule has 2 bridgehead atoms. The van der Waals surface area contributed by atoms with E-state index in [2.05, 4.69) is 0 Å². The van der Waals surface area contributed by atoms with Gasteiger partial charge in [0.25, 0.3) is 0 Å². The van der Waals surface area contributed by atoms with Crippen LogP contribution in [-0.4, -0.2) is 31.4 Å². The predicted octanol–water partition coefficient (Wildman–Crippen LogP) is 0.710. The summed E-state index contributed by atoms with van der Waals surface area (Å²) in [5.74, 6) is -0.872. The molecule has 0 aromatic rings. The van der Waals surface area contributed by atoms with E-state index < -0.39 is 11.8 Å². The van der Waals surface area contributed by atoms with Gasteiger partial charge in [0.1, 0.15) is 5.76 Å². The van der Waals surface area contributed by atoms with Crippen molar-refractivity contribution >= 4 is 11.6 Å². The second kappa shape index (κ2) is 3.77. The summed E-state index contributed by atoms with van der Waals surface area (Å²) in [7, 11) is 1.53. The zero-order valence-electron chi connectivity index (χ0n) is 8.86. The first-order valence-electron chi connectivity index (χ1n) is 5.14. The monoisotopic (exact) mass is 210 g/mol. The van der Waals surface area contributed by atoms with Crippen molar-refractivity contribution in [2.45, 2.75) is 19.4 Å². The first kappa shape index (κ1) is 10.4. The van der Waals surface area contributed by atoms with Crippen molar-refractivity contribution in [1.82, 2.24) is 0 Å². The molecule has 3 aliphatic rings. The van der Waals surface area contributed by atoms with Gasteiger partial charge in [-0.3, -0.25) is 9.59 Å². The van der Waals surface area contributed by atoms with E-state index >= 15 is 0 Å². The lowest BCUT2D eigenvalue weighted by molar-refractivity contribution is -0.150. The summed E-state index contributed by atoms with van der Waals surface area (Å²) in [6.45, 7) is 2.45. The fourth-order valence-electron chi connectivity index (χ4n) is 2.31. The molecule has 3 atom stereocenters. The molecule has 4 nitrogen and oxygen atoms in total. The summed E-state index contributed by atoms with van der Waals surface area (Å²) in [6.07, 6.45) is 2.16. The summed E-state index contributed by atoms with van der Waals surface area (Å²) < 4.78 is 10.6. The van der Waals surface area contributed by atoms with Gasteiger partial charge in [0.05, 0.1) is 25.0 Å². The van der Waals surface area contributed by atoms with E-state index in [9.17, 15) is 9.59 Å². The molecule has 3 rings (SSSR count). The van der Waals surface area contributed by atoms with Gasteiger partial charge in [-0.2, -0.15) is 0 Å². The quantitative estimate of drug-likeness (QED) is 0.644. The van der Waals surface area contributed by atoms with Crippen LogP contribution in [0.4, 0.5) is 0 Å². The number of Topliss-reactive ketones (excluding diaryl/α,β-unsaturated/α-hetero) is 2. The lowest BCUT2D eigenvalue weighted by atomic mass is 9.71. The van der Waals surface area contributed by atoms with Crippen molar-refractivity contribution in [3.05, 3.63) is 11.8 Å². The Morgan fingerprint density at radius 2 is 2.13 bits per heavy atom. The van der Waals surface area contributed by atoms with Crippen LogP contribution < -0.4 is 0 Å². The first-order chi connectivity index (χ1) is 7.19. The van der Waals surface area contributed by atoms with Gasteiger partial charge in [-0.15, -0.1) is 0 Å². The lowest BCUT2D eigenvalue weighted by Gasteiger charge is -2.37. The van der Waals surface area contributed by atoms with Crippen LogP contribution in [0, 0.1) is 11.8 Å². The highest BCUT2D eigenvalue weighted by molar-refractivity contribution is 6.41. The van der Waals surface area contributed by atoms with Crippen LogP contribution in [0.1, 0.15) is 13.3 Å². The van der Waals surface area contributed by atoms with Gasteiger partial charge in [0.2, 0.25) is 11.6 Å². The van der Waals surface area contributed by atoms with E-state index in [4.69, 9.17) is 9.47 Å². The van der Waals surface area contributed by atoms with Crippen LogP contribution in [0.5, 0.6) is 0 Å². The van der Waals surface area contributed by atoms with Crippen molar-refractivity contribution in [3.63, 3.8) is 0 Å². The maximum Gasteiger partial charge on any atom is 0.209 e. The van der Waals surface area contributed by atoms with Crippen LogP contribution in [-0.2, 0) is 19.1 Å². The molecule has 15 heavy (non-hydrogen) atoms. The number of hydrogen-bond acceptors (Lipinski definition) is 4. The van der Waals surface area contributed by atoms with E-state index in [0.29, 0.717) is 18.8 Å². The molecule has 0 unspecified atom stereocenters. The summed E-state index contributed by atoms with van der Waals surface area (Å²) in [5.41, 5.74) is 0. The summed E-state index contributed by atoms with van der Waals surface area (Å²) in [4.78, 5) is 23.2. The number of carbonyl (C=O) groups excluding carboxylic acids is 2. The Kier molecular flexibility index (Phi) is 2.61. The molecule has 1 fully saturated rings. The molecule has 0 aromatic heterocycles. The van der Waals surface area contributed by atoms with E-state index in [1.165, 1.54) is 7.11 Å². The van der Waals surface area contributed by atoms with Gasteiger partial charge >= 0.3 is 0 Å². The molecular weight excluding hydrogens is 196 g/mol. The Morgan fingerprint density at radius 3 is 2.73 bits per heavy atom. The van der Waals surface area contributed by atoms with Crippen LogP contribution in [0.25, 0.3) is 0 Å². The fraction of sp³-hybridized carbons (Fsp3) is 0.636. The molecule has 0 amide bonds. The van der Waals surface area contributed by atoms with E-state index in [0.717, 1.165) is 0 Å². The highest BCUT2D eigenvalue weighted by atomic mass is 16.5. The maximum absolute atomic E-state index is 11.6. The van der Waals surface area contributed by atoms with E-state index in [1.807, 2.05) is 6.92 Å². The normalized spacial score (nSPS) is 34.3. The minimum Gasteiger partial charge on any atom is -0.501 e. The Labute approximate surface area is 88.2 Å². The molecule has 0 spiro atoms. The molecule has 3 aliphatic carbocycles. The lowest BCUT2D eigenvalue weighted by Crippen LogP contribution is -2.49. The van der Waals surface area contributed by atoms with Crippen LogP contribution in [0.3, 0.4) is 0 Å². The van der Waals surface area contributed by atoms with Gasteiger partial charge in [-0.05, 0) is 19.4 Å². The fourth-order valence-corrected chi connectivity index (χ4v) is 2.31. The number of ketones is 2. The summed E-state index contributed by atoms with van der Waals surface area (Å²) >= 11 is 0. The highest BCUT2D eigenvalue weighted by Crippen LogP contribution is 2.38. The van der Waals surface area contributed by atoms with E-state index in [1.54, 1.807) is 6.08 Å². The first-order valence-corrected chi connectivity index (χ1v) is 5.14. The van der Waals surface area contributed by atoms with Crippen LogP contribution >= 0.6 is 0 Å². The Balaban J connectivity index is 2.29. The topological polar surface area (TPSA) is 52.6 Å². The average Bonchev–Trinajstić information content (AvgIpc) is 2.25. The van der Waals surface area contributed by atoms with Crippen molar-refractivity contribution in [2.24, 2.45) is 11.8 Å². The Hall–Kier alpha value is -1.16. The molecule has 0 aromatic carbocycles. The van der Waals surface area contributed by atoms with Gasteiger partial charge < -0.3 is 9.47 Å². The number of hydrogen-bond donors (Lipinski definition) is 0. The predicted molar refractivity (Wildman–Crippen MR) is 52.1 cm³/mol. The molecule has 4 heteroatoms. The zero-order valence-corrected chi connectivity index (χ0v) is 8.86. The molecule has 0 N–H and O–H groups in total. The SMILES string of the molecule is CCO[C@@H]1C[C@H]2C(=O)C(=O)[C@@H]1C=C2OC. The molecule has 1 saturated carbocycles. The number of carbonyl (C=O) groups is 2. The molecule has 0 saturated heterocycles. The van der Waals surface area contributed by atoms with Crippen molar-refractivity contribution < 1.29 is 19.1 Å². The second-order valence-corrected chi connectivity index (χ2v) is 3.81. The molecule has 0 aliphatic heterocycles. The maximum atomic E-state index is 11.6. The van der Waals surface area contributed by atoms with Crippen LogP contribution in [0.15, 0.2) is 11.8 Å². The molecule has 82 valence electrons. The van der Waals surface area contributed by atoms with E-state index in [-0.39, 0.29) is 17.7 Å². The Bertz CT molecular complexity index is 331. The Morgan fingerprint density at radius 1 is 1.40 bits per heavy atom. The third kappa shape index (κ3) is 1.49. The molecular formula is C11H14O4. The van der Waals surface area contributed by atoms with Crippen molar-refractivity contribution in [2.75, 3.05) is 13.7 Å². The number of rotatable bonds is 3. The van der Waals surface area contributed by atoms with Gasteiger partial charge in [0.15, 0.2) is 0 Å². The highest BCUT2D eigenvalue weighted by Gasteiger charge is 2.49. The number of methoxy groups -OCH3 is 1. The smallest absolute Gasteiger partial charge is 0.209 e. The number of fused-ring (bicyclic) bond motifs is 2. The molecule has 0 radical (unpaired) electrons. The third-order valence-electron chi connectivity index (χ3n) is 3.03. The largest absolute Gasteiger partial charge is 0.501 e. The van der Waals surface area contributed by atoms with Crippen molar-refractivity contribution in [1.29, 1.82) is 0 Å². The minimum atomic E-state index is -0.433. The number of allylic oxidation sites excluding steroid dienone is 1. The van der Waals surface area contributed by atoms with Crippen molar-refractivity contribution in [3.8, 4) is 0 Å². The van der Waals surface area contributed by atoms with Crippen LogP contribution in [0.2, 0.25) is 0 Å². The van der Waals surface area contributed by atoms with Gasteiger partial charge in [0, 0.05) is 6.61 Å². The van der Waals surface area contributed by atoms with Gasteiger partial charge in [-0.25, -0.2) is 0 Å². The third-order valence-corrected chi connectivity index (χ3v) is 3.03. The summed E-state index contributed by atoms with van der Waals surface area (Å²) in [6, 6.07) is 0. The second-order valence-electron chi connectivity index (χ2n) is 3.81. The standard InChI is InChI=1S/C11H14O4/c1-3-15-9-5-6-8(14-2)4-7(9)11(13)10(6)12/h4,6-7,9H,3,5H2,1-2H3/t6-,7-,9-/m1/s1. The molecule has 0 heterocycles. The minimum absolute atomic E-state index is 0.149.